The third-order valence-corrected chi connectivity index (χ3v) is 3.57. The number of rotatable bonds is 4. The quantitative estimate of drug-likeness (QED) is 0.888. The molecule has 0 aliphatic rings. The van der Waals surface area contributed by atoms with Gasteiger partial charge >= 0.3 is 0 Å². The highest BCUT2D eigenvalue weighted by molar-refractivity contribution is 7.08. The van der Waals surface area contributed by atoms with E-state index >= 15 is 0 Å². The van der Waals surface area contributed by atoms with E-state index in [0.29, 0.717) is 5.69 Å². The van der Waals surface area contributed by atoms with Crippen molar-refractivity contribution < 1.29 is 4.79 Å². The molecule has 0 aliphatic heterocycles. The number of aryl methyl sites for hydroxylation is 1. The normalized spacial score (nSPS) is 10.1. The first kappa shape index (κ1) is 12.6. The van der Waals surface area contributed by atoms with Crippen molar-refractivity contribution in [3.8, 4) is 0 Å². The molecule has 5 heteroatoms. The molecule has 0 fully saturated rings. The molecule has 18 heavy (non-hydrogen) atoms. The number of nitrogens with one attached hydrogen (secondary N) is 2. The van der Waals surface area contributed by atoms with E-state index in [1.165, 1.54) is 11.1 Å². The molecule has 94 valence electrons. The van der Waals surface area contributed by atoms with Crippen molar-refractivity contribution in [1.82, 2.24) is 10.3 Å². The second-order valence-electron chi connectivity index (χ2n) is 3.94. The Morgan fingerprint density at radius 1 is 1.44 bits per heavy atom. The van der Waals surface area contributed by atoms with E-state index in [4.69, 9.17) is 0 Å². The first-order valence-electron chi connectivity index (χ1n) is 5.64. The molecule has 2 rings (SSSR count). The first-order valence-corrected chi connectivity index (χ1v) is 6.58. The lowest BCUT2D eigenvalue weighted by atomic mass is 10.2. The summed E-state index contributed by atoms with van der Waals surface area (Å²) in [5.41, 5.74) is 3.88. The zero-order valence-corrected chi connectivity index (χ0v) is 11.2. The van der Waals surface area contributed by atoms with Crippen molar-refractivity contribution in [3.63, 3.8) is 0 Å². The maximum Gasteiger partial charge on any atom is 0.269 e. The van der Waals surface area contributed by atoms with Crippen LogP contribution in [0.5, 0.6) is 0 Å². The minimum Gasteiger partial charge on any atom is -0.381 e. The van der Waals surface area contributed by atoms with Gasteiger partial charge in [0.15, 0.2) is 0 Å². The fourth-order valence-corrected chi connectivity index (χ4v) is 2.42. The number of carbonyl (C=O) groups excluding carboxylic acids is 1. The predicted molar refractivity (Wildman–Crippen MR) is 74.0 cm³/mol. The molecule has 2 heterocycles. The number of thiophene rings is 1. The van der Waals surface area contributed by atoms with Gasteiger partial charge < -0.3 is 10.6 Å². The fourth-order valence-electron chi connectivity index (χ4n) is 1.56. The number of anilines is 1. The zero-order chi connectivity index (χ0) is 13.0. The van der Waals surface area contributed by atoms with Gasteiger partial charge in [-0.1, -0.05) is 0 Å². The van der Waals surface area contributed by atoms with E-state index in [-0.39, 0.29) is 5.91 Å². The molecule has 2 N–H and O–H groups in total. The lowest BCUT2D eigenvalue weighted by molar-refractivity contribution is 0.0958. The summed E-state index contributed by atoms with van der Waals surface area (Å²) in [6.07, 6.45) is 1.63. The summed E-state index contributed by atoms with van der Waals surface area (Å²) < 4.78 is 0. The minimum absolute atomic E-state index is 0.176. The van der Waals surface area contributed by atoms with Crippen LogP contribution >= 0.6 is 11.3 Å². The highest BCUT2D eigenvalue weighted by Gasteiger charge is 2.05. The van der Waals surface area contributed by atoms with Gasteiger partial charge in [-0.15, -0.1) is 0 Å². The molecular weight excluding hydrogens is 246 g/mol. The van der Waals surface area contributed by atoms with E-state index < -0.39 is 0 Å². The SMILES string of the molecule is CNC(=O)c1cc(NCc2cscc2C)ccn1. The Hall–Kier alpha value is -1.88. The lowest BCUT2D eigenvalue weighted by Crippen LogP contribution is -2.19. The average molecular weight is 261 g/mol. The molecule has 0 aliphatic carbocycles. The van der Waals surface area contributed by atoms with Gasteiger partial charge in [-0.25, -0.2) is 0 Å². The highest BCUT2D eigenvalue weighted by atomic mass is 32.1. The van der Waals surface area contributed by atoms with E-state index in [2.05, 4.69) is 33.3 Å². The van der Waals surface area contributed by atoms with E-state index in [1.54, 1.807) is 30.6 Å². The molecule has 0 unspecified atom stereocenters. The Bertz CT molecular complexity index is 551. The lowest BCUT2D eigenvalue weighted by Gasteiger charge is -2.07. The number of carbonyl (C=O) groups is 1. The maximum atomic E-state index is 11.5. The van der Waals surface area contributed by atoms with Crippen molar-refractivity contribution in [1.29, 1.82) is 0 Å². The van der Waals surface area contributed by atoms with Crippen LogP contribution < -0.4 is 10.6 Å². The van der Waals surface area contributed by atoms with Crippen LogP contribution in [0.4, 0.5) is 5.69 Å². The number of aromatic nitrogens is 1. The van der Waals surface area contributed by atoms with Crippen LogP contribution in [0.3, 0.4) is 0 Å². The second kappa shape index (κ2) is 5.64. The summed E-state index contributed by atoms with van der Waals surface area (Å²) in [7, 11) is 1.60. The second-order valence-corrected chi connectivity index (χ2v) is 4.69. The topological polar surface area (TPSA) is 54.0 Å². The van der Waals surface area contributed by atoms with E-state index in [9.17, 15) is 4.79 Å². The average Bonchev–Trinajstić information content (AvgIpc) is 2.81. The molecule has 0 aromatic carbocycles. The summed E-state index contributed by atoms with van der Waals surface area (Å²) >= 11 is 1.70. The number of pyridine rings is 1. The summed E-state index contributed by atoms with van der Waals surface area (Å²) in [4.78, 5) is 15.5. The molecule has 0 atom stereocenters. The molecule has 1 amide bonds. The van der Waals surface area contributed by atoms with Crippen molar-refractivity contribution in [2.24, 2.45) is 0 Å². The van der Waals surface area contributed by atoms with Crippen LogP contribution in [0, 0.1) is 6.92 Å². The third-order valence-electron chi connectivity index (χ3n) is 2.66. The molecule has 2 aromatic heterocycles. The fraction of sp³-hybridized carbons (Fsp3) is 0.231. The molecule has 0 saturated heterocycles. The van der Waals surface area contributed by atoms with E-state index in [0.717, 1.165) is 12.2 Å². The largest absolute Gasteiger partial charge is 0.381 e. The predicted octanol–water partition coefficient (Wildman–Crippen LogP) is 2.42. The van der Waals surface area contributed by atoms with Crippen molar-refractivity contribution >= 4 is 22.9 Å². The van der Waals surface area contributed by atoms with Gasteiger partial charge in [0.05, 0.1) is 0 Å². The van der Waals surface area contributed by atoms with Crippen LogP contribution in [0.25, 0.3) is 0 Å². The Kier molecular flexibility index (Phi) is 3.94. The number of hydrogen-bond donors (Lipinski definition) is 2. The molecule has 0 saturated carbocycles. The number of nitrogens with zero attached hydrogens (tertiary/aromatic N) is 1. The molecule has 0 radical (unpaired) electrons. The van der Waals surface area contributed by atoms with Gasteiger partial charge in [-0.2, -0.15) is 11.3 Å². The summed E-state index contributed by atoms with van der Waals surface area (Å²) in [5, 5.41) is 10.1. The van der Waals surface area contributed by atoms with Gasteiger partial charge in [-0.05, 0) is 40.9 Å². The van der Waals surface area contributed by atoms with Gasteiger partial charge in [0.1, 0.15) is 5.69 Å². The minimum atomic E-state index is -0.176. The summed E-state index contributed by atoms with van der Waals surface area (Å²) in [5.74, 6) is -0.176. The number of amides is 1. The molecule has 2 aromatic rings. The molecule has 0 bridgehead atoms. The summed E-state index contributed by atoms with van der Waals surface area (Å²) in [6.45, 7) is 2.85. The summed E-state index contributed by atoms with van der Waals surface area (Å²) in [6, 6.07) is 3.61. The standard InChI is InChI=1S/C13H15N3OS/c1-9-7-18-8-10(9)6-16-11-3-4-15-12(5-11)13(17)14-2/h3-5,7-8H,6H2,1-2H3,(H,14,17)(H,15,16). The Morgan fingerprint density at radius 2 is 2.28 bits per heavy atom. The molecule has 4 nitrogen and oxygen atoms in total. The monoisotopic (exact) mass is 261 g/mol. The van der Waals surface area contributed by atoms with Gasteiger partial charge in [-0.3, -0.25) is 9.78 Å². The Balaban J connectivity index is 2.06. The third kappa shape index (κ3) is 2.87. The van der Waals surface area contributed by atoms with Crippen molar-refractivity contribution in [3.05, 3.63) is 45.9 Å². The number of hydrogen-bond acceptors (Lipinski definition) is 4. The van der Waals surface area contributed by atoms with Crippen LogP contribution in [0.1, 0.15) is 21.6 Å². The first-order chi connectivity index (χ1) is 8.70. The zero-order valence-electron chi connectivity index (χ0n) is 10.4. The van der Waals surface area contributed by atoms with Crippen molar-refractivity contribution in [2.45, 2.75) is 13.5 Å². The van der Waals surface area contributed by atoms with Crippen LogP contribution in [0.2, 0.25) is 0 Å². The van der Waals surface area contributed by atoms with Crippen LogP contribution in [-0.4, -0.2) is 17.9 Å². The van der Waals surface area contributed by atoms with Crippen LogP contribution in [0.15, 0.2) is 29.1 Å². The molecular formula is C13H15N3OS. The van der Waals surface area contributed by atoms with Gasteiger partial charge in [0, 0.05) is 25.5 Å². The molecule has 0 spiro atoms. The Labute approximate surface area is 110 Å². The Morgan fingerprint density at radius 3 is 2.94 bits per heavy atom. The highest BCUT2D eigenvalue weighted by Crippen LogP contribution is 2.16. The smallest absolute Gasteiger partial charge is 0.269 e. The van der Waals surface area contributed by atoms with E-state index in [1.807, 2.05) is 6.07 Å². The van der Waals surface area contributed by atoms with Crippen LogP contribution in [-0.2, 0) is 6.54 Å². The maximum absolute atomic E-state index is 11.5. The van der Waals surface area contributed by atoms with Crippen molar-refractivity contribution in [2.75, 3.05) is 12.4 Å². The van der Waals surface area contributed by atoms with Gasteiger partial charge in [0.25, 0.3) is 5.91 Å². The van der Waals surface area contributed by atoms with Gasteiger partial charge in [0.2, 0.25) is 0 Å².